The molecule has 2 rings (SSSR count). The number of anilines is 1. The first-order valence-electron chi connectivity index (χ1n) is 5.60. The summed E-state index contributed by atoms with van der Waals surface area (Å²) < 4.78 is 0. The number of hydrogen-bond acceptors (Lipinski definition) is 4. The third-order valence-corrected chi connectivity index (χ3v) is 3.45. The molecule has 88 valence electrons. The molecule has 1 saturated carbocycles. The van der Waals surface area contributed by atoms with Crippen LogP contribution in [0.2, 0.25) is 0 Å². The van der Waals surface area contributed by atoms with E-state index in [0.29, 0.717) is 16.7 Å². The lowest BCUT2D eigenvalue weighted by atomic mass is 10.2. The summed E-state index contributed by atoms with van der Waals surface area (Å²) in [5.74, 6) is 0.706. The van der Waals surface area contributed by atoms with Crippen LogP contribution >= 0.6 is 11.3 Å². The van der Waals surface area contributed by atoms with Crippen LogP contribution in [-0.4, -0.2) is 28.4 Å². The Morgan fingerprint density at radius 3 is 2.81 bits per heavy atom. The van der Waals surface area contributed by atoms with E-state index in [0.717, 1.165) is 6.54 Å². The van der Waals surface area contributed by atoms with Crippen LogP contribution in [0.4, 0.5) is 5.13 Å². The van der Waals surface area contributed by atoms with Crippen LogP contribution in [-0.2, 0) is 0 Å². The molecule has 1 aromatic rings. The molecule has 0 unspecified atom stereocenters. The number of aromatic nitrogens is 1. The third kappa shape index (κ3) is 2.52. The van der Waals surface area contributed by atoms with Gasteiger partial charge in [0, 0.05) is 18.0 Å². The van der Waals surface area contributed by atoms with Gasteiger partial charge in [-0.25, -0.2) is 4.98 Å². The molecule has 0 aromatic carbocycles. The van der Waals surface area contributed by atoms with Crippen molar-refractivity contribution in [1.29, 1.82) is 0 Å². The van der Waals surface area contributed by atoms with Gasteiger partial charge < -0.3 is 10.6 Å². The quantitative estimate of drug-likeness (QED) is 0.874. The fraction of sp³-hybridized carbons (Fsp3) is 0.636. The van der Waals surface area contributed by atoms with Crippen molar-refractivity contribution in [3.8, 4) is 0 Å². The summed E-state index contributed by atoms with van der Waals surface area (Å²) in [4.78, 5) is 18.1. The second kappa shape index (κ2) is 4.41. The molecule has 2 N–H and O–H groups in total. The van der Waals surface area contributed by atoms with Crippen molar-refractivity contribution in [3.63, 3.8) is 0 Å². The van der Waals surface area contributed by atoms with E-state index in [1.165, 1.54) is 24.2 Å². The average Bonchev–Trinajstić information content (AvgIpc) is 2.95. The maximum absolute atomic E-state index is 12.2. The van der Waals surface area contributed by atoms with Crippen molar-refractivity contribution in [2.75, 3.05) is 12.3 Å². The molecule has 1 aliphatic rings. The monoisotopic (exact) mass is 239 g/mol. The summed E-state index contributed by atoms with van der Waals surface area (Å²) >= 11 is 1.32. The molecule has 1 fully saturated rings. The summed E-state index contributed by atoms with van der Waals surface area (Å²) in [6.45, 7) is 4.93. The summed E-state index contributed by atoms with van der Waals surface area (Å²) in [6, 6.07) is 0.219. The molecule has 1 heterocycles. The van der Waals surface area contributed by atoms with Crippen molar-refractivity contribution in [2.24, 2.45) is 5.92 Å². The van der Waals surface area contributed by atoms with Gasteiger partial charge in [0.05, 0.1) is 0 Å². The highest BCUT2D eigenvalue weighted by molar-refractivity contribution is 7.13. The minimum absolute atomic E-state index is 0.00912. The number of nitrogen functional groups attached to an aromatic ring is 1. The minimum Gasteiger partial charge on any atom is -0.375 e. The van der Waals surface area contributed by atoms with Crippen LogP contribution in [0.1, 0.15) is 37.2 Å². The van der Waals surface area contributed by atoms with Crippen molar-refractivity contribution < 1.29 is 4.79 Å². The Bertz CT molecular complexity index is 384. The number of carbonyl (C=O) groups is 1. The van der Waals surface area contributed by atoms with E-state index in [4.69, 9.17) is 5.73 Å². The highest BCUT2D eigenvalue weighted by Gasteiger charge is 2.29. The second-order valence-electron chi connectivity index (χ2n) is 4.57. The van der Waals surface area contributed by atoms with Gasteiger partial charge >= 0.3 is 0 Å². The van der Waals surface area contributed by atoms with Crippen LogP contribution in [0.15, 0.2) is 5.38 Å². The molecular weight excluding hydrogens is 222 g/mol. The van der Waals surface area contributed by atoms with Gasteiger partial charge in [-0.2, -0.15) is 0 Å². The standard InChI is InChI=1S/C11H17N3OS/c1-7(2)14(5-8-3-4-8)10(15)9-6-16-11(12)13-9/h6-8H,3-5H2,1-2H3,(H2,12,13). The SMILES string of the molecule is CC(C)N(CC1CC1)C(=O)c1csc(N)n1. The Kier molecular flexibility index (Phi) is 3.14. The lowest BCUT2D eigenvalue weighted by Crippen LogP contribution is -2.38. The van der Waals surface area contributed by atoms with Gasteiger partial charge in [-0.15, -0.1) is 11.3 Å². The molecule has 0 bridgehead atoms. The van der Waals surface area contributed by atoms with Gasteiger partial charge in [-0.1, -0.05) is 0 Å². The number of nitrogens with two attached hydrogens (primary N) is 1. The molecule has 16 heavy (non-hydrogen) atoms. The highest BCUT2D eigenvalue weighted by atomic mass is 32.1. The number of carbonyl (C=O) groups excluding carboxylic acids is 1. The number of amides is 1. The molecule has 4 nitrogen and oxygen atoms in total. The van der Waals surface area contributed by atoms with E-state index in [1.807, 2.05) is 18.7 Å². The minimum atomic E-state index is 0.00912. The van der Waals surface area contributed by atoms with E-state index in [-0.39, 0.29) is 11.9 Å². The molecule has 0 aliphatic heterocycles. The summed E-state index contributed by atoms with van der Waals surface area (Å²) in [5.41, 5.74) is 6.03. The first-order chi connectivity index (χ1) is 7.58. The lowest BCUT2D eigenvalue weighted by Gasteiger charge is -2.25. The highest BCUT2D eigenvalue weighted by Crippen LogP contribution is 2.30. The number of thiazole rings is 1. The third-order valence-electron chi connectivity index (χ3n) is 2.78. The van der Waals surface area contributed by atoms with Crippen LogP contribution < -0.4 is 5.73 Å². The van der Waals surface area contributed by atoms with Crippen LogP contribution in [0.5, 0.6) is 0 Å². The van der Waals surface area contributed by atoms with Crippen molar-refractivity contribution in [2.45, 2.75) is 32.7 Å². The fourth-order valence-electron chi connectivity index (χ4n) is 1.64. The van der Waals surface area contributed by atoms with Gasteiger partial charge in [-0.3, -0.25) is 4.79 Å². The van der Waals surface area contributed by atoms with E-state index < -0.39 is 0 Å². The first kappa shape index (κ1) is 11.4. The zero-order valence-corrected chi connectivity index (χ0v) is 10.5. The van der Waals surface area contributed by atoms with Gasteiger partial charge in [0.2, 0.25) is 0 Å². The number of nitrogens with zero attached hydrogens (tertiary/aromatic N) is 2. The Hall–Kier alpha value is -1.10. The van der Waals surface area contributed by atoms with E-state index in [2.05, 4.69) is 4.98 Å². The van der Waals surface area contributed by atoms with Crippen LogP contribution in [0.25, 0.3) is 0 Å². The molecular formula is C11H17N3OS. The van der Waals surface area contributed by atoms with Gasteiger partial charge in [-0.05, 0) is 32.6 Å². The first-order valence-corrected chi connectivity index (χ1v) is 6.48. The second-order valence-corrected chi connectivity index (χ2v) is 5.46. The van der Waals surface area contributed by atoms with Crippen LogP contribution in [0, 0.1) is 5.92 Å². The Balaban J connectivity index is 2.09. The lowest BCUT2D eigenvalue weighted by molar-refractivity contribution is 0.0691. The van der Waals surface area contributed by atoms with Gasteiger partial charge in [0.1, 0.15) is 5.69 Å². The largest absolute Gasteiger partial charge is 0.375 e. The zero-order valence-electron chi connectivity index (χ0n) is 9.64. The predicted octanol–water partition coefficient (Wildman–Crippen LogP) is 1.99. The Labute approximate surface area is 99.5 Å². The van der Waals surface area contributed by atoms with E-state index >= 15 is 0 Å². The van der Waals surface area contributed by atoms with Crippen molar-refractivity contribution in [3.05, 3.63) is 11.1 Å². The fourth-order valence-corrected chi connectivity index (χ4v) is 2.18. The molecule has 1 amide bonds. The molecule has 1 aromatic heterocycles. The van der Waals surface area contributed by atoms with Crippen LogP contribution in [0.3, 0.4) is 0 Å². The van der Waals surface area contributed by atoms with Gasteiger partial charge in [0.25, 0.3) is 5.91 Å². The predicted molar refractivity (Wildman–Crippen MR) is 65.4 cm³/mol. The summed E-state index contributed by atoms with van der Waals surface area (Å²) in [6.07, 6.45) is 2.49. The topological polar surface area (TPSA) is 59.2 Å². The molecule has 0 saturated heterocycles. The van der Waals surface area contributed by atoms with Crippen molar-refractivity contribution >= 4 is 22.4 Å². The molecule has 0 spiro atoms. The molecule has 1 aliphatic carbocycles. The normalized spacial score (nSPS) is 15.4. The number of hydrogen-bond donors (Lipinski definition) is 1. The average molecular weight is 239 g/mol. The Morgan fingerprint density at radius 2 is 2.38 bits per heavy atom. The maximum atomic E-state index is 12.2. The Morgan fingerprint density at radius 1 is 1.69 bits per heavy atom. The maximum Gasteiger partial charge on any atom is 0.273 e. The molecule has 0 atom stereocenters. The zero-order chi connectivity index (χ0) is 11.7. The summed E-state index contributed by atoms with van der Waals surface area (Å²) in [5, 5.41) is 2.19. The van der Waals surface area contributed by atoms with E-state index in [9.17, 15) is 4.79 Å². The smallest absolute Gasteiger partial charge is 0.273 e. The van der Waals surface area contributed by atoms with Crippen molar-refractivity contribution in [1.82, 2.24) is 9.88 Å². The van der Waals surface area contributed by atoms with E-state index in [1.54, 1.807) is 5.38 Å². The molecule has 5 heteroatoms. The molecule has 0 radical (unpaired) electrons. The number of rotatable bonds is 4. The van der Waals surface area contributed by atoms with Gasteiger partial charge in [0.15, 0.2) is 5.13 Å². The summed E-state index contributed by atoms with van der Waals surface area (Å²) in [7, 11) is 0.